The van der Waals surface area contributed by atoms with Gasteiger partial charge in [-0.25, -0.2) is 0 Å². The molecule has 0 radical (unpaired) electrons. The van der Waals surface area contributed by atoms with Gasteiger partial charge in [0.1, 0.15) is 0 Å². The van der Waals surface area contributed by atoms with Gasteiger partial charge in [-0.3, -0.25) is 9.59 Å². The molecule has 0 rings (SSSR count). The van der Waals surface area contributed by atoms with E-state index in [4.69, 9.17) is 4.74 Å². The van der Waals surface area contributed by atoms with E-state index in [2.05, 4.69) is 67.8 Å². The smallest absolute Gasteiger partial charge is 0.305 e. The van der Waals surface area contributed by atoms with Crippen LogP contribution in [0.4, 0.5) is 0 Å². The number of hydrogen-bond donors (Lipinski definition) is 3. The number of aliphatic hydroxyl groups excluding tert-OH is 2. The quantitative estimate of drug-likeness (QED) is 0.0320. The minimum absolute atomic E-state index is 0.0435. The Balaban J connectivity index is 3.48. The van der Waals surface area contributed by atoms with Gasteiger partial charge in [-0.1, -0.05) is 338 Å². The van der Waals surface area contributed by atoms with Crippen LogP contribution in [0.2, 0.25) is 0 Å². The molecule has 0 saturated heterocycles. The van der Waals surface area contributed by atoms with Crippen molar-refractivity contribution in [1.29, 1.82) is 0 Å². The topological polar surface area (TPSA) is 95.9 Å². The molecular weight excluding hydrogens is 983 g/mol. The standard InChI is InChI=1S/C74H137NO5/c1-3-5-7-9-11-13-15-17-19-21-22-23-24-25-26-28-31-35-38-42-46-50-54-58-62-66-72(77)71(70-76)75-73(78)67-63-59-55-51-47-43-39-36-32-29-27-30-33-37-41-45-49-53-57-61-65-69-80-74(79)68-64-60-56-52-48-44-40-34-20-18-16-14-12-10-8-6-4-2/h12,14,18,20,45,49,57,61-62,66,71-72,76-77H,3-11,13,15-17,19,21-44,46-48,50-56,58-60,63-65,67-70H2,1-2H3,(H,75,78)/b14-12-,20-18-,49-45-,61-57-,66-62+. The maximum Gasteiger partial charge on any atom is 0.305 e. The van der Waals surface area contributed by atoms with E-state index >= 15 is 0 Å². The lowest BCUT2D eigenvalue weighted by Gasteiger charge is -2.20. The summed E-state index contributed by atoms with van der Waals surface area (Å²) in [7, 11) is 0. The second-order valence-electron chi connectivity index (χ2n) is 24.2. The van der Waals surface area contributed by atoms with Crippen LogP contribution in [-0.2, 0) is 14.3 Å². The highest BCUT2D eigenvalue weighted by Gasteiger charge is 2.18. The first kappa shape index (κ1) is 77.6. The maximum absolute atomic E-state index is 12.5. The number of amides is 1. The van der Waals surface area contributed by atoms with E-state index in [9.17, 15) is 19.8 Å². The van der Waals surface area contributed by atoms with Gasteiger partial charge in [-0.05, 0) is 83.5 Å². The SMILES string of the molecule is CCCCC/C=C\C/C=C\CCCCCCCCCC(=O)OCC/C=C\C/C=C\CCCCCCCCCCCCCCCCC(=O)NC(CO)C(O)/C=C/CCCCCCCCCCCCCCCCCCCCCCCCC. The molecule has 0 bridgehead atoms. The predicted molar refractivity (Wildman–Crippen MR) is 352 cm³/mol. The molecule has 3 N–H and O–H groups in total. The third-order valence-corrected chi connectivity index (χ3v) is 16.3. The molecule has 6 nitrogen and oxygen atoms in total. The van der Waals surface area contributed by atoms with Gasteiger partial charge >= 0.3 is 5.97 Å². The van der Waals surface area contributed by atoms with Crippen LogP contribution in [0.1, 0.15) is 373 Å². The van der Waals surface area contributed by atoms with Crippen molar-refractivity contribution in [1.82, 2.24) is 5.32 Å². The molecule has 0 aliphatic heterocycles. The molecule has 0 aliphatic carbocycles. The highest BCUT2D eigenvalue weighted by molar-refractivity contribution is 5.76. The number of aliphatic hydroxyl groups is 2. The molecule has 2 unspecified atom stereocenters. The molecule has 0 aromatic heterocycles. The van der Waals surface area contributed by atoms with Crippen molar-refractivity contribution in [3.63, 3.8) is 0 Å². The number of unbranched alkanes of at least 4 members (excludes halogenated alkanes) is 47. The molecule has 2 atom stereocenters. The monoisotopic (exact) mass is 1120 g/mol. The Kier molecular flexibility index (Phi) is 66.9. The second kappa shape index (κ2) is 69.1. The minimum Gasteiger partial charge on any atom is -0.465 e. The summed E-state index contributed by atoms with van der Waals surface area (Å²) in [6.45, 7) is 4.79. The van der Waals surface area contributed by atoms with E-state index in [1.807, 2.05) is 6.08 Å². The predicted octanol–water partition coefficient (Wildman–Crippen LogP) is 23.0. The van der Waals surface area contributed by atoms with Gasteiger partial charge < -0.3 is 20.3 Å². The van der Waals surface area contributed by atoms with Gasteiger partial charge in [-0.2, -0.15) is 0 Å². The molecule has 468 valence electrons. The lowest BCUT2D eigenvalue weighted by atomic mass is 10.0. The number of carbonyl (C=O) groups is 2. The summed E-state index contributed by atoms with van der Waals surface area (Å²) in [5, 5.41) is 23.3. The van der Waals surface area contributed by atoms with Gasteiger partial charge in [0.05, 0.1) is 25.4 Å². The van der Waals surface area contributed by atoms with Crippen molar-refractivity contribution in [2.24, 2.45) is 0 Å². The van der Waals surface area contributed by atoms with Crippen molar-refractivity contribution in [3.05, 3.63) is 60.8 Å². The van der Waals surface area contributed by atoms with Gasteiger partial charge in [-0.15, -0.1) is 0 Å². The molecule has 0 spiro atoms. The summed E-state index contributed by atoms with van der Waals surface area (Å²) in [5.41, 5.74) is 0. The lowest BCUT2D eigenvalue weighted by Crippen LogP contribution is -2.45. The highest BCUT2D eigenvalue weighted by atomic mass is 16.5. The zero-order valence-corrected chi connectivity index (χ0v) is 53.6. The van der Waals surface area contributed by atoms with Crippen LogP contribution in [0.3, 0.4) is 0 Å². The van der Waals surface area contributed by atoms with Crippen LogP contribution in [0.15, 0.2) is 60.8 Å². The number of allylic oxidation sites excluding steroid dienone is 8. The van der Waals surface area contributed by atoms with Crippen LogP contribution in [0.5, 0.6) is 0 Å². The Bertz CT molecular complexity index is 1380. The van der Waals surface area contributed by atoms with Crippen molar-refractivity contribution in [3.8, 4) is 0 Å². The number of carbonyl (C=O) groups excluding carboxylic acids is 2. The first-order valence-electron chi connectivity index (χ1n) is 35.6. The van der Waals surface area contributed by atoms with Gasteiger partial charge in [0, 0.05) is 12.8 Å². The molecule has 0 saturated carbocycles. The summed E-state index contributed by atoms with van der Waals surface area (Å²) in [4.78, 5) is 24.6. The van der Waals surface area contributed by atoms with Gasteiger partial charge in [0.25, 0.3) is 0 Å². The molecule has 0 aromatic carbocycles. The molecule has 80 heavy (non-hydrogen) atoms. The van der Waals surface area contributed by atoms with Crippen LogP contribution >= 0.6 is 0 Å². The highest BCUT2D eigenvalue weighted by Crippen LogP contribution is 2.18. The summed E-state index contributed by atoms with van der Waals surface area (Å²) in [5.74, 6) is -0.113. The molecule has 0 aliphatic rings. The molecule has 6 heteroatoms. The van der Waals surface area contributed by atoms with E-state index < -0.39 is 12.1 Å². The first-order chi connectivity index (χ1) is 39.5. The van der Waals surface area contributed by atoms with Crippen molar-refractivity contribution in [2.45, 2.75) is 386 Å². The Morgan fingerprint density at radius 3 is 0.975 bits per heavy atom. The molecule has 0 heterocycles. The van der Waals surface area contributed by atoms with Gasteiger partial charge in [0.15, 0.2) is 0 Å². The van der Waals surface area contributed by atoms with E-state index in [1.165, 1.54) is 289 Å². The fraction of sp³-hybridized carbons (Fsp3) is 0.838. The first-order valence-corrected chi connectivity index (χ1v) is 35.6. The Morgan fingerprint density at radius 1 is 0.350 bits per heavy atom. The van der Waals surface area contributed by atoms with Crippen LogP contribution < -0.4 is 5.32 Å². The van der Waals surface area contributed by atoms with Crippen LogP contribution in [0, 0.1) is 0 Å². The number of nitrogens with one attached hydrogen (secondary N) is 1. The zero-order valence-electron chi connectivity index (χ0n) is 53.6. The molecule has 1 amide bonds. The van der Waals surface area contributed by atoms with E-state index in [1.54, 1.807) is 6.08 Å². The zero-order chi connectivity index (χ0) is 57.8. The number of ether oxygens (including phenoxy) is 1. The third kappa shape index (κ3) is 64.7. The van der Waals surface area contributed by atoms with Crippen LogP contribution in [0.25, 0.3) is 0 Å². The fourth-order valence-electron chi connectivity index (χ4n) is 10.9. The summed E-state index contributed by atoms with van der Waals surface area (Å²) >= 11 is 0. The van der Waals surface area contributed by atoms with Crippen molar-refractivity contribution in [2.75, 3.05) is 13.2 Å². The molecular formula is C74H137NO5. The molecule has 0 aromatic rings. The maximum atomic E-state index is 12.5. The Labute approximate surface area is 499 Å². The third-order valence-electron chi connectivity index (χ3n) is 16.3. The van der Waals surface area contributed by atoms with Crippen molar-refractivity contribution < 1.29 is 24.5 Å². The summed E-state index contributed by atoms with van der Waals surface area (Å²) < 4.78 is 5.43. The Hall–Kier alpha value is -2.44. The van der Waals surface area contributed by atoms with E-state index in [0.717, 1.165) is 57.8 Å². The number of esters is 1. The average molecular weight is 1120 g/mol. The van der Waals surface area contributed by atoms with Gasteiger partial charge in [0.2, 0.25) is 5.91 Å². The summed E-state index contributed by atoms with van der Waals surface area (Å²) in [6.07, 6.45) is 91.6. The molecule has 0 fully saturated rings. The van der Waals surface area contributed by atoms with Crippen LogP contribution in [-0.4, -0.2) is 47.4 Å². The normalized spacial score (nSPS) is 12.9. The lowest BCUT2D eigenvalue weighted by molar-refractivity contribution is -0.143. The number of rotatable bonds is 66. The largest absolute Gasteiger partial charge is 0.465 e. The second-order valence-corrected chi connectivity index (χ2v) is 24.2. The Morgan fingerprint density at radius 2 is 0.625 bits per heavy atom. The van der Waals surface area contributed by atoms with E-state index in [-0.39, 0.29) is 18.5 Å². The van der Waals surface area contributed by atoms with E-state index in [0.29, 0.717) is 19.4 Å². The van der Waals surface area contributed by atoms with Crippen molar-refractivity contribution >= 4 is 11.9 Å². The average Bonchev–Trinajstić information content (AvgIpc) is 3.46. The summed E-state index contributed by atoms with van der Waals surface area (Å²) in [6, 6.07) is -0.635. The number of hydrogen-bond acceptors (Lipinski definition) is 5. The fourth-order valence-corrected chi connectivity index (χ4v) is 10.9. The minimum atomic E-state index is -0.851.